The lowest BCUT2D eigenvalue weighted by Gasteiger charge is -2.11. The Hall–Kier alpha value is -1.81. The molecule has 0 saturated carbocycles. The highest BCUT2D eigenvalue weighted by Crippen LogP contribution is 2.35. The van der Waals surface area contributed by atoms with Gasteiger partial charge in [0.05, 0.1) is 11.7 Å². The average Bonchev–Trinajstić information content (AvgIpc) is 2.72. The zero-order valence-corrected chi connectivity index (χ0v) is 11.0. The van der Waals surface area contributed by atoms with Gasteiger partial charge >= 0.3 is 0 Å². The molecule has 0 amide bonds. The highest BCUT2D eigenvalue weighted by molar-refractivity contribution is 5.84. The van der Waals surface area contributed by atoms with Crippen LogP contribution < -0.4 is 5.43 Å². The Bertz CT molecular complexity index is 699. The van der Waals surface area contributed by atoms with Gasteiger partial charge in [-0.05, 0) is 38.0 Å². The van der Waals surface area contributed by atoms with E-state index in [1.165, 1.54) is 0 Å². The molecule has 2 aromatic rings. The number of aromatic hydroxyl groups is 1. The molecule has 1 aliphatic carbocycles. The molecule has 100 valence electrons. The van der Waals surface area contributed by atoms with E-state index < -0.39 is 0 Å². The van der Waals surface area contributed by atoms with E-state index in [1.54, 1.807) is 12.1 Å². The molecule has 4 heteroatoms. The van der Waals surface area contributed by atoms with Crippen LogP contribution in [0.15, 0.2) is 21.3 Å². The lowest BCUT2D eigenvalue weighted by molar-refractivity contribution is 0.0634. The highest BCUT2D eigenvalue weighted by atomic mass is 16.5. The summed E-state index contributed by atoms with van der Waals surface area (Å²) < 4.78 is 11.4. The van der Waals surface area contributed by atoms with Crippen LogP contribution in [-0.2, 0) is 11.2 Å². The van der Waals surface area contributed by atoms with Crippen molar-refractivity contribution in [1.29, 1.82) is 0 Å². The first-order valence-electron chi connectivity index (χ1n) is 6.52. The van der Waals surface area contributed by atoms with Crippen LogP contribution in [0.4, 0.5) is 0 Å². The Morgan fingerprint density at radius 3 is 3.00 bits per heavy atom. The van der Waals surface area contributed by atoms with Crippen LogP contribution in [0.2, 0.25) is 0 Å². The predicted octanol–water partition coefficient (Wildman–Crippen LogP) is 2.83. The van der Waals surface area contributed by atoms with E-state index in [1.807, 2.05) is 13.8 Å². The largest absolute Gasteiger partial charge is 0.507 e. The Kier molecular flexibility index (Phi) is 2.82. The highest BCUT2D eigenvalue weighted by Gasteiger charge is 2.30. The maximum absolute atomic E-state index is 12.5. The van der Waals surface area contributed by atoms with Crippen LogP contribution in [0.5, 0.6) is 5.75 Å². The first kappa shape index (κ1) is 12.2. The molecule has 3 rings (SSSR count). The molecule has 0 bridgehead atoms. The van der Waals surface area contributed by atoms with Crippen LogP contribution in [0.3, 0.4) is 0 Å². The van der Waals surface area contributed by atoms with Gasteiger partial charge in [-0.25, -0.2) is 0 Å². The molecule has 0 saturated heterocycles. The molecule has 1 heterocycles. The summed E-state index contributed by atoms with van der Waals surface area (Å²) >= 11 is 0. The minimum atomic E-state index is -0.207. The van der Waals surface area contributed by atoms with Gasteiger partial charge in [0.25, 0.3) is 0 Å². The molecule has 1 aromatic heterocycles. The van der Waals surface area contributed by atoms with E-state index in [-0.39, 0.29) is 22.7 Å². The van der Waals surface area contributed by atoms with Gasteiger partial charge in [-0.2, -0.15) is 0 Å². The van der Waals surface area contributed by atoms with Gasteiger partial charge in [0.15, 0.2) is 0 Å². The molecule has 0 radical (unpaired) electrons. The van der Waals surface area contributed by atoms with Crippen molar-refractivity contribution in [2.75, 3.05) is 6.61 Å². The van der Waals surface area contributed by atoms with Crippen molar-refractivity contribution in [2.24, 2.45) is 0 Å². The standard InChI is InChI=1S/C15H16O4/c1-3-18-10-4-5-11-14(10)15(17)13-9(16)6-8(2)7-12(13)19-11/h6-7,10,16H,3-5H2,1-2H3. The van der Waals surface area contributed by atoms with Crippen molar-refractivity contribution < 1.29 is 14.3 Å². The number of phenols is 1. The summed E-state index contributed by atoms with van der Waals surface area (Å²) in [7, 11) is 0. The minimum Gasteiger partial charge on any atom is -0.507 e. The third-order valence-corrected chi connectivity index (χ3v) is 3.55. The molecule has 0 aliphatic heterocycles. The van der Waals surface area contributed by atoms with E-state index in [0.717, 1.165) is 12.0 Å². The molecule has 4 nitrogen and oxygen atoms in total. The molecule has 0 fully saturated rings. The fraction of sp³-hybridized carbons (Fsp3) is 0.400. The number of hydrogen-bond acceptors (Lipinski definition) is 4. The normalized spacial score (nSPS) is 17.9. The number of fused-ring (bicyclic) bond motifs is 2. The van der Waals surface area contributed by atoms with Gasteiger partial charge < -0.3 is 14.3 Å². The fourth-order valence-electron chi connectivity index (χ4n) is 2.78. The molecule has 1 aliphatic rings. The van der Waals surface area contributed by atoms with Crippen molar-refractivity contribution >= 4 is 11.0 Å². The zero-order valence-electron chi connectivity index (χ0n) is 11.0. The monoisotopic (exact) mass is 260 g/mol. The van der Waals surface area contributed by atoms with Crippen molar-refractivity contribution in [3.63, 3.8) is 0 Å². The molecule has 1 aromatic carbocycles. The molecule has 19 heavy (non-hydrogen) atoms. The summed E-state index contributed by atoms with van der Waals surface area (Å²) in [5.74, 6) is 0.676. The van der Waals surface area contributed by atoms with E-state index >= 15 is 0 Å². The van der Waals surface area contributed by atoms with Gasteiger partial charge in [-0.15, -0.1) is 0 Å². The second-order valence-corrected chi connectivity index (χ2v) is 4.91. The average molecular weight is 260 g/mol. The summed E-state index contributed by atoms with van der Waals surface area (Å²) in [5.41, 5.74) is 1.74. The van der Waals surface area contributed by atoms with Crippen LogP contribution in [0.1, 0.15) is 36.3 Å². The van der Waals surface area contributed by atoms with E-state index in [2.05, 4.69) is 0 Å². The molecular formula is C15H16O4. The van der Waals surface area contributed by atoms with Crippen LogP contribution in [0, 0.1) is 6.92 Å². The second-order valence-electron chi connectivity index (χ2n) is 4.91. The van der Waals surface area contributed by atoms with Gasteiger partial charge in [0.1, 0.15) is 22.5 Å². The van der Waals surface area contributed by atoms with Gasteiger partial charge in [-0.1, -0.05) is 0 Å². The summed E-state index contributed by atoms with van der Waals surface area (Å²) in [6.45, 7) is 4.32. The Morgan fingerprint density at radius 1 is 1.47 bits per heavy atom. The summed E-state index contributed by atoms with van der Waals surface area (Å²) in [4.78, 5) is 12.5. The molecule has 1 N–H and O–H groups in total. The first-order chi connectivity index (χ1) is 9.11. The SMILES string of the molecule is CCOC1CCc2oc3cc(C)cc(O)c3c(=O)c21. The van der Waals surface area contributed by atoms with Crippen LogP contribution >= 0.6 is 0 Å². The zero-order chi connectivity index (χ0) is 13.6. The molecule has 0 spiro atoms. The molecule has 1 unspecified atom stereocenters. The van der Waals surface area contributed by atoms with E-state index in [9.17, 15) is 9.90 Å². The number of aryl methyl sites for hydroxylation is 2. The van der Waals surface area contributed by atoms with Crippen molar-refractivity contribution in [3.05, 3.63) is 39.2 Å². The van der Waals surface area contributed by atoms with E-state index in [4.69, 9.17) is 9.15 Å². The van der Waals surface area contributed by atoms with Gasteiger partial charge in [0, 0.05) is 13.0 Å². The fourth-order valence-corrected chi connectivity index (χ4v) is 2.78. The first-order valence-corrected chi connectivity index (χ1v) is 6.52. The number of hydrogen-bond donors (Lipinski definition) is 1. The lowest BCUT2D eigenvalue weighted by Crippen LogP contribution is -2.14. The third kappa shape index (κ3) is 1.83. The lowest BCUT2D eigenvalue weighted by atomic mass is 10.1. The predicted molar refractivity (Wildman–Crippen MR) is 71.6 cm³/mol. The summed E-state index contributed by atoms with van der Waals surface area (Å²) in [6, 6.07) is 3.36. The van der Waals surface area contributed by atoms with Gasteiger partial charge in [-0.3, -0.25) is 4.79 Å². The second kappa shape index (κ2) is 4.38. The smallest absolute Gasteiger partial charge is 0.202 e. The van der Waals surface area contributed by atoms with Crippen LogP contribution in [-0.4, -0.2) is 11.7 Å². The minimum absolute atomic E-state index is 0.0197. The quantitative estimate of drug-likeness (QED) is 0.902. The maximum Gasteiger partial charge on any atom is 0.202 e. The van der Waals surface area contributed by atoms with Crippen molar-refractivity contribution in [1.82, 2.24) is 0 Å². The van der Waals surface area contributed by atoms with Crippen molar-refractivity contribution in [2.45, 2.75) is 32.8 Å². The topological polar surface area (TPSA) is 59.7 Å². The Morgan fingerprint density at radius 2 is 2.26 bits per heavy atom. The number of phenolic OH excluding ortho intramolecular Hbond substituents is 1. The van der Waals surface area contributed by atoms with Gasteiger partial charge in [0.2, 0.25) is 5.43 Å². The maximum atomic E-state index is 12.5. The molecular weight excluding hydrogens is 244 g/mol. The number of benzene rings is 1. The Balaban J connectivity index is 2.31. The van der Waals surface area contributed by atoms with Crippen LogP contribution in [0.25, 0.3) is 11.0 Å². The molecule has 1 atom stereocenters. The van der Waals surface area contributed by atoms with Crippen molar-refractivity contribution in [3.8, 4) is 5.75 Å². The van der Waals surface area contributed by atoms with E-state index in [0.29, 0.717) is 29.9 Å². The summed E-state index contributed by atoms with van der Waals surface area (Å²) in [5, 5.41) is 10.2. The number of ether oxygens (including phenoxy) is 1. The third-order valence-electron chi connectivity index (χ3n) is 3.55. The summed E-state index contributed by atoms with van der Waals surface area (Å²) in [6.07, 6.45) is 1.26. The number of rotatable bonds is 2. The Labute approximate surface area is 110 Å².